The Morgan fingerprint density at radius 2 is 1.88 bits per heavy atom. The number of carbonyl (C=O) groups is 1. The number of aromatic nitrogens is 4. The Hall–Kier alpha value is -4.00. The standard InChI is InChI=1S/C26H24N4O3/c1-5-22-29-23-15(2)12-16(3)27-24(23)30(22)14-17-10-11-20-21(13-17)33-25(28-20)18-8-6-7-9-19(18)26(31)32-4/h6-13H,5,14H2,1-4H3. The lowest BCUT2D eigenvalue weighted by Crippen LogP contribution is -2.05. The van der Waals surface area contributed by atoms with Crippen molar-refractivity contribution in [1.82, 2.24) is 19.5 Å². The number of aryl methyl sites for hydroxylation is 3. The van der Waals surface area contributed by atoms with E-state index in [1.807, 2.05) is 31.2 Å². The summed E-state index contributed by atoms with van der Waals surface area (Å²) in [6, 6.07) is 15.2. The van der Waals surface area contributed by atoms with Crippen molar-refractivity contribution in [2.24, 2.45) is 0 Å². The fourth-order valence-electron chi connectivity index (χ4n) is 4.21. The largest absolute Gasteiger partial charge is 0.465 e. The van der Waals surface area contributed by atoms with Crippen LogP contribution in [0.15, 0.2) is 52.9 Å². The van der Waals surface area contributed by atoms with E-state index in [0.29, 0.717) is 29.1 Å². The molecule has 0 unspecified atom stereocenters. The van der Waals surface area contributed by atoms with E-state index < -0.39 is 5.97 Å². The molecule has 7 nitrogen and oxygen atoms in total. The van der Waals surface area contributed by atoms with Crippen molar-refractivity contribution in [2.45, 2.75) is 33.7 Å². The van der Waals surface area contributed by atoms with Gasteiger partial charge in [-0.3, -0.25) is 0 Å². The van der Waals surface area contributed by atoms with Crippen LogP contribution in [0, 0.1) is 13.8 Å². The highest BCUT2D eigenvalue weighted by Gasteiger charge is 2.18. The predicted octanol–water partition coefficient (Wildman–Crippen LogP) is 5.25. The Balaban J connectivity index is 1.56. The van der Waals surface area contributed by atoms with Crippen LogP contribution >= 0.6 is 0 Å². The molecule has 2 aromatic carbocycles. The highest BCUT2D eigenvalue weighted by atomic mass is 16.5. The van der Waals surface area contributed by atoms with Crippen LogP contribution in [0.2, 0.25) is 0 Å². The number of benzene rings is 2. The van der Waals surface area contributed by atoms with Gasteiger partial charge in [0, 0.05) is 12.1 Å². The summed E-state index contributed by atoms with van der Waals surface area (Å²) in [5.41, 5.74) is 7.41. The number of imidazole rings is 1. The summed E-state index contributed by atoms with van der Waals surface area (Å²) in [5, 5.41) is 0. The molecule has 33 heavy (non-hydrogen) atoms. The van der Waals surface area contributed by atoms with Crippen molar-refractivity contribution in [3.8, 4) is 11.5 Å². The number of ether oxygens (including phenoxy) is 1. The molecule has 166 valence electrons. The third-order valence-corrected chi connectivity index (χ3v) is 5.77. The SMILES string of the molecule is CCc1nc2c(C)cc(C)nc2n1Cc1ccc2nc(-c3ccccc3C(=O)OC)oc2c1. The van der Waals surface area contributed by atoms with Crippen molar-refractivity contribution in [1.29, 1.82) is 0 Å². The summed E-state index contributed by atoms with van der Waals surface area (Å²) in [6.07, 6.45) is 0.813. The van der Waals surface area contributed by atoms with E-state index in [0.717, 1.165) is 45.7 Å². The molecule has 3 heterocycles. The van der Waals surface area contributed by atoms with E-state index in [9.17, 15) is 4.79 Å². The third kappa shape index (κ3) is 3.65. The van der Waals surface area contributed by atoms with E-state index in [2.05, 4.69) is 29.5 Å². The molecule has 5 rings (SSSR count). The van der Waals surface area contributed by atoms with Crippen LogP contribution in [0.3, 0.4) is 0 Å². The van der Waals surface area contributed by atoms with Crippen LogP contribution in [0.5, 0.6) is 0 Å². The zero-order valence-corrected chi connectivity index (χ0v) is 19.0. The number of oxazole rings is 1. The highest BCUT2D eigenvalue weighted by molar-refractivity contribution is 5.96. The van der Waals surface area contributed by atoms with Gasteiger partial charge < -0.3 is 13.7 Å². The molecule has 0 bridgehead atoms. The van der Waals surface area contributed by atoms with Crippen molar-refractivity contribution >= 4 is 28.2 Å². The van der Waals surface area contributed by atoms with Crippen LogP contribution in [-0.2, 0) is 17.7 Å². The minimum atomic E-state index is -0.425. The van der Waals surface area contributed by atoms with E-state index in [1.54, 1.807) is 18.2 Å². The summed E-state index contributed by atoms with van der Waals surface area (Å²) in [7, 11) is 1.36. The zero-order chi connectivity index (χ0) is 23.1. The van der Waals surface area contributed by atoms with E-state index in [4.69, 9.17) is 19.1 Å². The van der Waals surface area contributed by atoms with E-state index >= 15 is 0 Å². The molecule has 0 saturated heterocycles. The van der Waals surface area contributed by atoms with Gasteiger partial charge in [-0.2, -0.15) is 0 Å². The second-order valence-electron chi connectivity index (χ2n) is 8.08. The maximum absolute atomic E-state index is 12.2. The molecular formula is C26H24N4O3. The fourth-order valence-corrected chi connectivity index (χ4v) is 4.21. The average Bonchev–Trinajstić information content (AvgIpc) is 3.40. The van der Waals surface area contributed by atoms with Crippen LogP contribution in [0.25, 0.3) is 33.7 Å². The summed E-state index contributed by atoms with van der Waals surface area (Å²) >= 11 is 0. The van der Waals surface area contributed by atoms with E-state index in [-0.39, 0.29) is 0 Å². The van der Waals surface area contributed by atoms with Crippen LogP contribution in [0.1, 0.15) is 39.9 Å². The summed E-state index contributed by atoms with van der Waals surface area (Å²) in [4.78, 5) is 26.4. The number of fused-ring (bicyclic) bond motifs is 2. The summed E-state index contributed by atoms with van der Waals surface area (Å²) < 4.78 is 13.1. The first-order valence-electron chi connectivity index (χ1n) is 10.9. The Bertz CT molecular complexity index is 1510. The Kier molecular flexibility index (Phi) is 5.17. The predicted molar refractivity (Wildman–Crippen MR) is 126 cm³/mol. The molecular weight excluding hydrogens is 416 g/mol. The fraction of sp³-hybridized carbons (Fsp3) is 0.231. The first kappa shape index (κ1) is 20.9. The van der Waals surface area contributed by atoms with Crippen molar-refractivity contribution in [3.63, 3.8) is 0 Å². The number of nitrogens with zero attached hydrogens (tertiary/aromatic N) is 4. The lowest BCUT2D eigenvalue weighted by Gasteiger charge is -2.08. The number of methoxy groups -OCH3 is 1. The molecule has 5 aromatic rings. The van der Waals surface area contributed by atoms with Crippen molar-refractivity contribution in [2.75, 3.05) is 7.11 Å². The van der Waals surface area contributed by atoms with Gasteiger partial charge in [0.25, 0.3) is 0 Å². The zero-order valence-electron chi connectivity index (χ0n) is 19.0. The van der Waals surface area contributed by atoms with Gasteiger partial charge in [-0.15, -0.1) is 0 Å². The molecule has 7 heteroatoms. The number of pyridine rings is 1. The normalized spacial score (nSPS) is 11.4. The van der Waals surface area contributed by atoms with Gasteiger partial charge >= 0.3 is 5.97 Å². The van der Waals surface area contributed by atoms with Crippen LogP contribution in [0.4, 0.5) is 0 Å². The first-order chi connectivity index (χ1) is 16.0. The van der Waals surface area contributed by atoms with Gasteiger partial charge in [-0.25, -0.2) is 19.7 Å². The average molecular weight is 441 g/mol. The number of esters is 1. The number of carbonyl (C=O) groups excluding carboxylic acids is 1. The highest BCUT2D eigenvalue weighted by Crippen LogP contribution is 2.29. The molecule has 0 spiro atoms. The summed E-state index contributed by atoms with van der Waals surface area (Å²) in [6.45, 7) is 6.80. The number of rotatable bonds is 5. The lowest BCUT2D eigenvalue weighted by atomic mass is 10.1. The van der Waals surface area contributed by atoms with Crippen LogP contribution in [-0.4, -0.2) is 32.6 Å². The minimum Gasteiger partial charge on any atom is -0.465 e. The van der Waals surface area contributed by atoms with Gasteiger partial charge in [0.05, 0.1) is 24.8 Å². The molecule has 0 radical (unpaired) electrons. The van der Waals surface area contributed by atoms with Gasteiger partial charge in [0.2, 0.25) is 5.89 Å². The molecule has 0 fully saturated rings. The molecule has 0 N–H and O–H groups in total. The molecule has 3 aromatic heterocycles. The minimum absolute atomic E-state index is 0.387. The molecule has 0 saturated carbocycles. The van der Waals surface area contributed by atoms with Crippen LogP contribution < -0.4 is 0 Å². The van der Waals surface area contributed by atoms with Crippen molar-refractivity contribution in [3.05, 3.63) is 76.7 Å². The first-order valence-corrected chi connectivity index (χ1v) is 10.9. The topological polar surface area (TPSA) is 83.0 Å². The van der Waals surface area contributed by atoms with Gasteiger partial charge in [0.15, 0.2) is 11.2 Å². The van der Waals surface area contributed by atoms with Crippen molar-refractivity contribution < 1.29 is 13.9 Å². The van der Waals surface area contributed by atoms with Gasteiger partial charge in [-0.1, -0.05) is 25.1 Å². The smallest absolute Gasteiger partial charge is 0.338 e. The Morgan fingerprint density at radius 3 is 2.67 bits per heavy atom. The molecule has 0 aliphatic carbocycles. The monoisotopic (exact) mass is 440 g/mol. The molecule has 0 aliphatic heterocycles. The lowest BCUT2D eigenvalue weighted by molar-refractivity contribution is 0.0601. The molecule has 0 amide bonds. The Morgan fingerprint density at radius 1 is 1.06 bits per heavy atom. The maximum atomic E-state index is 12.2. The van der Waals surface area contributed by atoms with E-state index in [1.165, 1.54) is 7.11 Å². The van der Waals surface area contributed by atoms with Gasteiger partial charge in [-0.05, 0) is 55.3 Å². The number of hydrogen-bond acceptors (Lipinski definition) is 6. The maximum Gasteiger partial charge on any atom is 0.338 e. The second kappa shape index (κ2) is 8.16. The molecule has 0 aliphatic rings. The molecule has 0 atom stereocenters. The second-order valence-corrected chi connectivity index (χ2v) is 8.08. The van der Waals surface area contributed by atoms with Gasteiger partial charge in [0.1, 0.15) is 16.9 Å². The Labute approximate surface area is 191 Å². The summed E-state index contributed by atoms with van der Waals surface area (Å²) in [5.74, 6) is 0.959. The third-order valence-electron chi connectivity index (χ3n) is 5.77. The number of hydrogen-bond donors (Lipinski definition) is 0. The quantitative estimate of drug-likeness (QED) is 0.347.